The Morgan fingerprint density at radius 3 is 2.69 bits per heavy atom. The summed E-state index contributed by atoms with van der Waals surface area (Å²) in [6.45, 7) is 0. The smallest absolute Gasteiger partial charge is 0.125 e. The number of rotatable bonds is 1. The van der Waals surface area contributed by atoms with Gasteiger partial charge in [-0.05, 0) is 11.6 Å². The predicted molar refractivity (Wildman–Crippen MR) is 63.2 cm³/mol. The number of hydrogen-bond donors (Lipinski definition) is 2. The molecule has 2 N–H and O–H groups in total. The van der Waals surface area contributed by atoms with E-state index in [1.54, 1.807) is 12.4 Å². The van der Waals surface area contributed by atoms with Gasteiger partial charge in [0.15, 0.2) is 0 Å². The summed E-state index contributed by atoms with van der Waals surface area (Å²) in [6.07, 6.45) is 1.62. The molecule has 0 fully saturated rings. The Morgan fingerprint density at radius 2 is 1.88 bits per heavy atom. The number of imidazole rings is 1. The standard InChI is InChI=1S/C13H10N2O/c16-13-7-12-11(14-8-15-12)6-10(13)9-4-2-1-3-5-9/h1-8,16H,(H,14,15). The maximum Gasteiger partial charge on any atom is 0.125 e. The zero-order valence-electron chi connectivity index (χ0n) is 8.51. The van der Waals surface area contributed by atoms with Gasteiger partial charge >= 0.3 is 0 Å². The lowest BCUT2D eigenvalue weighted by molar-refractivity contribution is 0.478. The van der Waals surface area contributed by atoms with Gasteiger partial charge < -0.3 is 10.1 Å². The molecule has 1 heterocycles. The molecule has 16 heavy (non-hydrogen) atoms. The molecule has 0 aliphatic rings. The monoisotopic (exact) mass is 210 g/mol. The summed E-state index contributed by atoms with van der Waals surface area (Å²) in [5.41, 5.74) is 3.52. The summed E-state index contributed by atoms with van der Waals surface area (Å²) >= 11 is 0. The van der Waals surface area contributed by atoms with Crippen LogP contribution in [-0.4, -0.2) is 15.1 Å². The first-order chi connectivity index (χ1) is 7.84. The third kappa shape index (κ3) is 1.34. The van der Waals surface area contributed by atoms with E-state index < -0.39 is 0 Å². The molecule has 2 aromatic carbocycles. The highest BCUT2D eigenvalue weighted by Gasteiger charge is 2.06. The summed E-state index contributed by atoms with van der Waals surface area (Å²) in [6, 6.07) is 13.4. The maximum absolute atomic E-state index is 9.93. The third-order valence-electron chi connectivity index (χ3n) is 2.62. The van der Waals surface area contributed by atoms with Crippen LogP contribution >= 0.6 is 0 Å². The number of benzene rings is 2. The lowest BCUT2D eigenvalue weighted by Crippen LogP contribution is -1.79. The Kier molecular flexibility index (Phi) is 1.90. The van der Waals surface area contributed by atoms with Crippen LogP contribution in [0.2, 0.25) is 0 Å². The van der Waals surface area contributed by atoms with Crippen LogP contribution in [0.15, 0.2) is 48.8 Å². The molecular weight excluding hydrogens is 200 g/mol. The minimum Gasteiger partial charge on any atom is -0.507 e. The lowest BCUT2D eigenvalue weighted by atomic mass is 10.0. The fourth-order valence-corrected chi connectivity index (χ4v) is 1.82. The summed E-state index contributed by atoms with van der Waals surface area (Å²) < 4.78 is 0. The second kappa shape index (κ2) is 3.38. The Bertz CT molecular complexity index is 629. The minimum absolute atomic E-state index is 0.255. The molecule has 0 aliphatic heterocycles. The summed E-state index contributed by atoms with van der Waals surface area (Å²) in [5.74, 6) is 0.255. The van der Waals surface area contributed by atoms with Gasteiger partial charge in [0, 0.05) is 11.6 Å². The largest absolute Gasteiger partial charge is 0.507 e. The molecule has 0 atom stereocenters. The minimum atomic E-state index is 0.255. The van der Waals surface area contributed by atoms with Crippen molar-refractivity contribution in [3.63, 3.8) is 0 Å². The van der Waals surface area contributed by atoms with Crippen LogP contribution in [0.25, 0.3) is 22.2 Å². The molecule has 0 bridgehead atoms. The van der Waals surface area contributed by atoms with Gasteiger partial charge in [0.1, 0.15) is 5.75 Å². The quantitative estimate of drug-likeness (QED) is 0.648. The second-order valence-electron chi connectivity index (χ2n) is 3.66. The van der Waals surface area contributed by atoms with Crippen LogP contribution in [0, 0.1) is 0 Å². The molecule has 0 saturated carbocycles. The highest BCUT2D eigenvalue weighted by Crippen LogP contribution is 2.31. The first-order valence-corrected chi connectivity index (χ1v) is 5.06. The molecule has 3 nitrogen and oxygen atoms in total. The Labute approximate surface area is 92.4 Å². The molecule has 0 amide bonds. The van der Waals surface area contributed by atoms with E-state index in [9.17, 15) is 5.11 Å². The summed E-state index contributed by atoms with van der Waals surface area (Å²) in [4.78, 5) is 7.13. The predicted octanol–water partition coefficient (Wildman–Crippen LogP) is 2.94. The van der Waals surface area contributed by atoms with E-state index in [1.165, 1.54) is 0 Å². The Balaban J connectivity index is 2.27. The van der Waals surface area contributed by atoms with Gasteiger partial charge in [-0.1, -0.05) is 30.3 Å². The second-order valence-corrected chi connectivity index (χ2v) is 3.66. The van der Waals surface area contributed by atoms with Crippen molar-refractivity contribution in [1.29, 1.82) is 0 Å². The molecule has 3 aromatic rings. The zero-order valence-corrected chi connectivity index (χ0v) is 8.51. The molecule has 1 aromatic heterocycles. The number of phenols is 1. The van der Waals surface area contributed by atoms with E-state index in [-0.39, 0.29) is 5.75 Å². The molecule has 0 radical (unpaired) electrons. The van der Waals surface area contributed by atoms with E-state index in [4.69, 9.17) is 0 Å². The van der Waals surface area contributed by atoms with Crippen LogP contribution in [0.1, 0.15) is 0 Å². The van der Waals surface area contributed by atoms with Crippen LogP contribution in [0.4, 0.5) is 0 Å². The van der Waals surface area contributed by atoms with Crippen LogP contribution in [0.5, 0.6) is 5.75 Å². The van der Waals surface area contributed by atoms with Crippen molar-refractivity contribution >= 4 is 11.0 Å². The number of H-pyrrole nitrogens is 1. The molecular formula is C13H10N2O. The van der Waals surface area contributed by atoms with Crippen molar-refractivity contribution in [2.75, 3.05) is 0 Å². The molecule has 3 rings (SSSR count). The van der Waals surface area contributed by atoms with Crippen molar-refractivity contribution < 1.29 is 5.11 Å². The lowest BCUT2D eigenvalue weighted by Gasteiger charge is -2.04. The molecule has 0 saturated heterocycles. The third-order valence-corrected chi connectivity index (χ3v) is 2.62. The Hall–Kier alpha value is -2.29. The number of aromatic nitrogens is 2. The van der Waals surface area contributed by atoms with E-state index in [0.717, 1.165) is 22.2 Å². The maximum atomic E-state index is 9.93. The van der Waals surface area contributed by atoms with Crippen LogP contribution in [0.3, 0.4) is 0 Å². The normalized spacial score (nSPS) is 10.8. The van der Waals surface area contributed by atoms with Gasteiger partial charge in [-0.25, -0.2) is 4.98 Å². The molecule has 78 valence electrons. The van der Waals surface area contributed by atoms with E-state index in [0.29, 0.717) is 0 Å². The average Bonchev–Trinajstić information content (AvgIpc) is 2.76. The molecule has 0 aliphatic carbocycles. The van der Waals surface area contributed by atoms with Crippen molar-refractivity contribution in [2.45, 2.75) is 0 Å². The van der Waals surface area contributed by atoms with Gasteiger partial charge in [0.05, 0.1) is 17.4 Å². The number of phenolic OH excluding ortho intramolecular Hbond substituents is 1. The number of nitrogens with zero attached hydrogens (tertiary/aromatic N) is 1. The zero-order chi connectivity index (χ0) is 11.0. The molecule has 0 unspecified atom stereocenters. The highest BCUT2D eigenvalue weighted by molar-refractivity contribution is 5.85. The van der Waals surface area contributed by atoms with Gasteiger partial charge in [-0.3, -0.25) is 0 Å². The van der Waals surface area contributed by atoms with Crippen molar-refractivity contribution in [1.82, 2.24) is 9.97 Å². The van der Waals surface area contributed by atoms with Crippen LogP contribution in [-0.2, 0) is 0 Å². The van der Waals surface area contributed by atoms with Gasteiger partial charge in [-0.15, -0.1) is 0 Å². The van der Waals surface area contributed by atoms with E-state index >= 15 is 0 Å². The highest BCUT2D eigenvalue weighted by atomic mass is 16.3. The fourth-order valence-electron chi connectivity index (χ4n) is 1.82. The number of fused-ring (bicyclic) bond motifs is 1. The number of hydrogen-bond acceptors (Lipinski definition) is 2. The number of aromatic amines is 1. The molecule has 0 spiro atoms. The van der Waals surface area contributed by atoms with Gasteiger partial charge in [0.2, 0.25) is 0 Å². The van der Waals surface area contributed by atoms with E-state index in [2.05, 4.69) is 9.97 Å². The number of nitrogens with one attached hydrogen (secondary N) is 1. The number of aromatic hydroxyl groups is 1. The van der Waals surface area contributed by atoms with Crippen molar-refractivity contribution in [3.8, 4) is 16.9 Å². The topological polar surface area (TPSA) is 48.9 Å². The summed E-state index contributed by atoms with van der Waals surface area (Å²) in [7, 11) is 0. The first kappa shape index (κ1) is 8.97. The fraction of sp³-hybridized carbons (Fsp3) is 0. The molecule has 3 heteroatoms. The average molecular weight is 210 g/mol. The summed E-state index contributed by atoms with van der Waals surface area (Å²) in [5, 5.41) is 9.93. The SMILES string of the molecule is Oc1cc2nc[nH]c2cc1-c1ccccc1. The van der Waals surface area contributed by atoms with Gasteiger partial charge in [-0.2, -0.15) is 0 Å². The van der Waals surface area contributed by atoms with Gasteiger partial charge in [0.25, 0.3) is 0 Å². The van der Waals surface area contributed by atoms with E-state index in [1.807, 2.05) is 36.4 Å². The Morgan fingerprint density at radius 1 is 1.06 bits per heavy atom. The first-order valence-electron chi connectivity index (χ1n) is 5.06. The van der Waals surface area contributed by atoms with Crippen molar-refractivity contribution in [3.05, 3.63) is 48.8 Å². The van der Waals surface area contributed by atoms with Crippen LogP contribution < -0.4 is 0 Å². The van der Waals surface area contributed by atoms with Crippen molar-refractivity contribution in [2.24, 2.45) is 0 Å².